The van der Waals surface area contributed by atoms with Crippen LogP contribution in [-0.4, -0.2) is 29.3 Å². The summed E-state index contributed by atoms with van der Waals surface area (Å²) in [6.45, 7) is 4.92. The Morgan fingerprint density at radius 3 is 2.84 bits per heavy atom. The van der Waals surface area contributed by atoms with Gasteiger partial charge in [0, 0.05) is 22.8 Å². The highest BCUT2D eigenvalue weighted by Crippen LogP contribution is 2.29. The summed E-state index contributed by atoms with van der Waals surface area (Å²) in [5, 5.41) is 12.4. The smallest absolute Gasteiger partial charge is 0.335 e. The molecule has 5 heteroatoms. The number of carbonyl (C=O) groups is 1. The number of benzene rings is 1. The molecule has 1 atom stereocenters. The molecule has 0 radical (unpaired) electrons. The van der Waals surface area contributed by atoms with Crippen LogP contribution in [0.15, 0.2) is 22.7 Å². The van der Waals surface area contributed by atoms with Crippen LogP contribution in [-0.2, 0) is 4.74 Å². The van der Waals surface area contributed by atoms with E-state index in [-0.39, 0.29) is 11.2 Å². The van der Waals surface area contributed by atoms with Crippen LogP contribution in [0.2, 0.25) is 0 Å². The second-order valence-electron chi connectivity index (χ2n) is 5.44. The van der Waals surface area contributed by atoms with Crippen LogP contribution in [0.4, 0.5) is 5.69 Å². The summed E-state index contributed by atoms with van der Waals surface area (Å²) >= 11 is 3.41. The minimum absolute atomic E-state index is 0.108. The van der Waals surface area contributed by atoms with Crippen molar-refractivity contribution >= 4 is 27.6 Å². The largest absolute Gasteiger partial charge is 0.478 e. The zero-order chi connectivity index (χ0) is 14.0. The quantitative estimate of drug-likeness (QED) is 0.891. The van der Waals surface area contributed by atoms with Crippen molar-refractivity contribution in [2.45, 2.75) is 38.3 Å². The van der Waals surface area contributed by atoms with Gasteiger partial charge in [-0.2, -0.15) is 0 Å². The molecular weight excluding hydrogens is 310 g/mol. The van der Waals surface area contributed by atoms with Crippen LogP contribution in [0, 0.1) is 0 Å². The Balaban J connectivity index is 2.09. The van der Waals surface area contributed by atoms with E-state index in [4.69, 9.17) is 9.84 Å². The number of halogens is 1. The van der Waals surface area contributed by atoms with E-state index >= 15 is 0 Å². The predicted molar refractivity (Wildman–Crippen MR) is 77.8 cm³/mol. The summed E-state index contributed by atoms with van der Waals surface area (Å²) in [5.74, 6) is -0.917. The molecule has 104 valence electrons. The number of rotatable bonds is 3. The molecule has 1 unspecified atom stereocenters. The molecule has 19 heavy (non-hydrogen) atoms. The normalized spacial score (nSPS) is 21.9. The van der Waals surface area contributed by atoms with E-state index in [9.17, 15) is 4.79 Å². The van der Waals surface area contributed by atoms with Crippen LogP contribution >= 0.6 is 15.9 Å². The third-order valence-corrected chi connectivity index (χ3v) is 3.93. The van der Waals surface area contributed by atoms with E-state index in [0.717, 1.165) is 29.6 Å². The van der Waals surface area contributed by atoms with Gasteiger partial charge in [0.25, 0.3) is 0 Å². The first kappa shape index (κ1) is 14.3. The van der Waals surface area contributed by atoms with Crippen molar-refractivity contribution in [3.63, 3.8) is 0 Å². The van der Waals surface area contributed by atoms with Crippen molar-refractivity contribution in [2.75, 3.05) is 11.9 Å². The lowest BCUT2D eigenvalue weighted by molar-refractivity contribution is -0.0553. The van der Waals surface area contributed by atoms with Gasteiger partial charge in [-0.3, -0.25) is 0 Å². The number of aromatic carboxylic acids is 1. The van der Waals surface area contributed by atoms with Crippen molar-refractivity contribution in [2.24, 2.45) is 0 Å². The summed E-state index contributed by atoms with van der Waals surface area (Å²) in [7, 11) is 0. The average molecular weight is 328 g/mol. The third kappa shape index (κ3) is 3.70. The highest BCUT2D eigenvalue weighted by molar-refractivity contribution is 9.10. The first-order valence-electron chi connectivity index (χ1n) is 6.31. The number of ether oxygens (including phenoxy) is 1. The van der Waals surface area contributed by atoms with Crippen molar-refractivity contribution in [1.82, 2.24) is 0 Å². The van der Waals surface area contributed by atoms with E-state index in [1.54, 1.807) is 18.2 Å². The minimum atomic E-state index is -0.917. The van der Waals surface area contributed by atoms with E-state index in [0.29, 0.717) is 6.04 Å². The molecule has 1 aromatic carbocycles. The first-order valence-corrected chi connectivity index (χ1v) is 7.10. The fourth-order valence-corrected chi connectivity index (χ4v) is 2.83. The molecule has 2 N–H and O–H groups in total. The van der Waals surface area contributed by atoms with E-state index in [1.165, 1.54) is 0 Å². The highest BCUT2D eigenvalue weighted by Gasteiger charge is 2.28. The van der Waals surface area contributed by atoms with Crippen molar-refractivity contribution in [3.05, 3.63) is 28.2 Å². The summed E-state index contributed by atoms with van der Waals surface area (Å²) in [4.78, 5) is 10.9. The number of carboxylic acids is 1. The van der Waals surface area contributed by atoms with Crippen molar-refractivity contribution in [3.8, 4) is 0 Å². The van der Waals surface area contributed by atoms with E-state index < -0.39 is 5.97 Å². The molecule has 0 saturated carbocycles. The zero-order valence-electron chi connectivity index (χ0n) is 11.1. The first-order chi connectivity index (χ1) is 8.87. The lowest BCUT2D eigenvalue weighted by Gasteiger charge is -2.36. The molecule has 1 saturated heterocycles. The molecule has 1 aliphatic rings. The standard InChI is InChI=1S/C14H18BrNO3/c1-14(2)8-10(5-6-19-14)16-12-4-3-9(13(17)18)7-11(12)15/h3-4,7,10,16H,5-6,8H2,1-2H3,(H,17,18). The van der Waals surface area contributed by atoms with Gasteiger partial charge in [0.2, 0.25) is 0 Å². The summed E-state index contributed by atoms with van der Waals surface area (Å²) in [6.07, 6.45) is 1.89. The number of hydrogen-bond acceptors (Lipinski definition) is 3. The topological polar surface area (TPSA) is 58.6 Å². The zero-order valence-corrected chi connectivity index (χ0v) is 12.7. The van der Waals surface area contributed by atoms with E-state index in [2.05, 4.69) is 35.1 Å². The Hall–Kier alpha value is -1.07. The molecule has 0 amide bonds. The number of hydrogen-bond donors (Lipinski definition) is 2. The fraction of sp³-hybridized carbons (Fsp3) is 0.500. The molecule has 1 aliphatic heterocycles. The summed E-state index contributed by atoms with van der Waals surface area (Å²) in [6, 6.07) is 5.38. The lowest BCUT2D eigenvalue weighted by Crippen LogP contribution is -2.40. The predicted octanol–water partition coefficient (Wildman–Crippen LogP) is 3.52. The van der Waals surface area contributed by atoms with Crippen LogP contribution in [0.5, 0.6) is 0 Å². The average Bonchev–Trinajstić information content (AvgIpc) is 2.30. The molecule has 0 spiro atoms. The number of carboxylic acid groups (broad SMARTS) is 1. The Kier molecular flexibility index (Phi) is 4.16. The molecule has 1 heterocycles. The minimum Gasteiger partial charge on any atom is -0.478 e. The highest BCUT2D eigenvalue weighted by atomic mass is 79.9. The molecule has 0 aromatic heterocycles. The summed E-state index contributed by atoms with van der Waals surface area (Å²) in [5.41, 5.74) is 1.10. The second-order valence-corrected chi connectivity index (χ2v) is 6.30. The monoisotopic (exact) mass is 327 g/mol. The molecule has 4 nitrogen and oxygen atoms in total. The maximum Gasteiger partial charge on any atom is 0.335 e. The fourth-order valence-electron chi connectivity index (χ4n) is 2.34. The molecule has 1 fully saturated rings. The van der Waals surface area contributed by atoms with Crippen LogP contribution in [0.25, 0.3) is 0 Å². The number of nitrogens with one attached hydrogen (secondary N) is 1. The lowest BCUT2D eigenvalue weighted by atomic mass is 9.94. The van der Waals surface area contributed by atoms with Gasteiger partial charge in [0.05, 0.1) is 11.2 Å². The van der Waals surface area contributed by atoms with Gasteiger partial charge in [-0.15, -0.1) is 0 Å². The van der Waals surface area contributed by atoms with Crippen LogP contribution < -0.4 is 5.32 Å². The summed E-state index contributed by atoms with van der Waals surface area (Å²) < 4.78 is 6.46. The Morgan fingerprint density at radius 1 is 1.53 bits per heavy atom. The van der Waals surface area contributed by atoms with Gasteiger partial charge in [0.15, 0.2) is 0 Å². The molecule has 0 aliphatic carbocycles. The van der Waals surface area contributed by atoms with Gasteiger partial charge < -0.3 is 15.2 Å². The Morgan fingerprint density at radius 2 is 2.26 bits per heavy atom. The van der Waals surface area contributed by atoms with Gasteiger partial charge in [0.1, 0.15) is 0 Å². The molecule has 2 rings (SSSR count). The maximum absolute atomic E-state index is 10.9. The molecule has 0 bridgehead atoms. The second kappa shape index (κ2) is 5.51. The van der Waals surface area contributed by atoms with Crippen LogP contribution in [0.1, 0.15) is 37.0 Å². The SMILES string of the molecule is CC1(C)CC(Nc2ccc(C(=O)O)cc2Br)CCO1. The van der Waals surface area contributed by atoms with Crippen molar-refractivity contribution in [1.29, 1.82) is 0 Å². The Labute approximate surface area is 121 Å². The van der Waals surface area contributed by atoms with Gasteiger partial charge >= 0.3 is 5.97 Å². The van der Waals surface area contributed by atoms with Gasteiger partial charge in [-0.25, -0.2) is 4.79 Å². The Bertz CT molecular complexity index is 488. The third-order valence-electron chi connectivity index (χ3n) is 3.27. The van der Waals surface area contributed by atoms with E-state index in [1.807, 2.05) is 0 Å². The number of anilines is 1. The van der Waals surface area contributed by atoms with Gasteiger partial charge in [-0.1, -0.05) is 0 Å². The molecule has 1 aromatic rings. The van der Waals surface area contributed by atoms with Gasteiger partial charge in [-0.05, 0) is 60.8 Å². The van der Waals surface area contributed by atoms with Crippen LogP contribution in [0.3, 0.4) is 0 Å². The van der Waals surface area contributed by atoms with Crippen molar-refractivity contribution < 1.29 is 14.6 Å². The maximum atomic E-state index is 10.9. The molecular formula is C14H18BrNO3.